The zero-order chi connectivity index (χ0) is 49.1. The fourth-order valence-corrected chi connectivity index (χ4v) is 13.0. The van der Waals surface area contributed by atoms with Crippen molar-refractivity contribution in [2.24, 2.45) is 28.6 Å². The second kappa shape index (κ2) is 20.3. The van der Waals surface area contributed by atoms with Gasteiger partial charge < -0.3 is 78.0 Å². The van der Waals surface area contributed by atoms with Gasteiger partial charge in [-0.3, -0.25) is 9.59 Å². The quantitative estimate of drug-likeness (QED) is 0.0869. The lowest BCUT2D eigenvalue weighted by atomic mass is 9.44. The molecule has 67 heavy (non-hydrogen) atoms. The molecule has 0 radical (unpaired) electrons. The lowest BCUT2D eigenvalue weighted by molar-refractivity contribution is -0.371. The van der Waals surface area contributed by atoms with Gasteiger partial charge in [0.05, 0.1) is 36.6 Å². The number of carbonyl (C=O) groups excluding carboxylic acids is 3. The average Bonchev–Trinajstić information content (AvgIpc) is 3.57. The molecule has 3 heterocycles. The lowest BCUT2D eigenvalue weighted by Crippen LogP contribution is -2.72. The Kier molecular flexibility index (Phi) is 15.9. The molecule has 6 fully saturated rings. The maximum Gasteiger partial charge on any atom is 0.333 e. The molecule has 4 aliphatic carbocycles. The number of aliphatic hydroxyl groups is 6. The highest BCUT2D eigenvalue weighted by Crippen LogP contribution is 2.69. The summed E-state index contributed by atoms with van der Waals surface area (Å²) < 4.78 is 61.3. The summed E-state index contributed by atoms with van der Waals surface area (Å²) in [5.41, 5.74) is -1.78. The second-order valence-corrected chi connectivity index (χ2v) is 20.4. The van der Waals surface area contributed by atoms with E-state index in [1.54, 1.807) is 34.0 Å². The van der Waals surface area contributed by atoms with E-state index in [0.29, 0.717) is 44.1 Å². The number of fused-ring (bicyclic) bond motifs is 5. The number of aliphatic hydroxyl groups excluding tert-OH is 5. The summed E-state index contributed by atoms with van der Waals surface area (Å²) in [7, 11) is 2.91. The van der Waals surface area contributed by atoms with E-state index in [1.807, 2.05) is 13.8 Å². The van der Waals surface area contributed by atoms with Gasteiger partial charge in [0.2, 0.25) is 0 Å². The van der Waals surface area contributed by atoms with Crippen molar-refractivity contribution in [1.29, 1.82) is 0 Å². The van der Waals surface area contributed by atoms with E-state index in [4.69, 9.17) is 47.4 Å². The third-order valence-electron chi connectivity index (χ3n) is 16.8. The zero-order valence-electron chi connectivity index (χ0n) is 40.3. The Bertz CT molecular complexity index is 1860. The van der Waals surface area contributed by atoms with Crippen LogP contribution in [-0.4, -0.2) is 179 Å². The van der Waals surface area contributed by atoms with E-state index >= 15 is 0 Å². The van der Waals surface area contributed by atoms with E-state index in [9.17, 15) is 45.0 Å². The summed E-state index contributed by atoms with van der Waals surface area (Å²) in [4.78, 5) is 39.9. The molecule has 23 atom stereocenters. The number of ether oxygens (including phenoxy) is 10. The molecule has 19 nitrogen and oxygen atoms in total. The summed E-state index contributed by atoms with van der Waals surface area (Å²) in [6.45, 7) is 13.0. The predicted molar refractivity (Wildman–Crippen MR) is 232 cm³/mol. The van der Waals surface area contributed by atoms with Crippen molar-refractivity contribution < 1.29 is 92.4 Å². The van der Waals surface area contributed by atoms with Crippen LogP contribution in [0.15, 0.2) is 23.3 Å². The predicted octanol–water partition coefficient (Wildman–Crippen LogP) is 1.52. The number of allylic oxidation sites excluding steroid dienone is 2. The van der Waals surface area contributed by atoms with Gasteiger partial charge in [0, 0.05) is 50.4 Å². The van der Waals surface area contributed by atoms with Crippen molar-refractivity contribution in [2.75, 3.05) is 20.8 Å². The van der Waals surface area contributed by atoms with Gasteiger partial charge in [-0.05, 0) is 84.5 Å². The first-order chi connectivity index (χ1) is 31.6. The van der Waals surface area contributed by atoms with Gasteiger partial charge in [-0.2, -0.15) is 0 Å². The lowest BCUT2D eigenvalue weighted by Gasteiger charge is -2.64. The van der Waals surface area contributed by atoms with Gasteiger partial charge in [-0.15, -0.1) is 0 Å². The maximum absolute atomic E-state index is 13.6. The minimum atomic E-state index is -1.67. The molecule has 19 heteroatoms. The van der Waals surface area contributed by atoms with E-state index in [2.05, 4.69) is 13.0 Å². The molecule has 0 aromatic heterocycles. The Morgan fingerprint density at radius 2 is 1.48 bits per heavy atom. The van der Waals surface area contributed by atoms with Crippen LogP contribution in [0, 0.1) is 28.6 Å². The number of hydrogen-bond acceptors (Lipinski definition) is 19. The number of hydrogen-bond donors (Lipinski definition) is 6. The number of ketones is 1. The van der Waals surface area contributed by atoms with Crippen molar-refractivity contribution in [3.05, 3.63) is 23.3 Å². The summed E-state index contributed by atoms with van der Waals surface area (Å²) in [6, 6.07) is 0. The SMILES string of the molecule is C/C=C(\C)C(=O)O[C@@H]1[C@@H](OC(C)=O)[C@H]2[C@@H](CC=C3C[C@@H](O[C@H]4C[C@@H](OC)[C@H](O[C@@H]5O[C@H](C)[C@@H](O[C@@H]6O[C@H](CO)[C@@H](O)[C@H](O)[C@H]6O)[C@@H](OC)[C@H]5O)[C@@H](C)O4)CC[C@@]32C)[C@@]2(O)CC[C@H](C(C)=O)[C@@]12C. The smallest absolute Gasteiger partial charge is 0.333 e. The van der Waals surface area contributed by atoms with E-state index < -0.39 is 151 Å². The number of methoxy groups -OCH3 is 2. The molecule has 0 spiro atoms. The average molecular weight is 955 g/mol. The molecule has 0 aromatic carbocycles. The molecule has 7 aliphatic rings. The summed E-state index contributed by atoms with van der Waals surface area (Å²) in [5, 5.41) is 65.3. The monoisotopic (exact) mass is 954 g/mol. The molecule has 7 rings (SSSR count). The minimum Gasteiger partial charge on any atom is -0.458 e. The number of Topliss-reactive ketones (excluding diaryl/α,β-unsaturated/α-hetero) is 1. The van der Waals surface area contributed by atoms with Crippen LogP contribution in [0.5, 0.6) is 0 Å². The van der Waals surface area contributed by atoms with Crippen LogP contribution < -0.4 is 0 Å². The Morgan fingerprint density at radius 1 is 0.806 bits per heavy atom. The number of carbonyl (C=O) groups is 3. The van der Waals surface area contributed by atoms with Crippen LogP contribution >= 0.6 is 0 Å². The van der Waals surface area contributed by atoms with Crippen molar-refractivity contribution >= 4 is 17.7 Å². The Hall–Kier alpha value is -2.47. The van der Waals surface area contributed by atoms with E-state index in [-0.39, 0.29) is 18.3 Å². The van der Waals surface area contributed by atoms with E-state index in [1.165, 1.54) is 21.0 Å². The molecule has 3 saturated heterocycles. The van der Waals surface area contributed by atoms with Crippen molar-refractivity contribution in [3.63, 3.8) is 0 Å². The molecule has 3 saturated carbocycles. The Morgan fingerprint density at radius 3 is 2.10 bits per heavy atom. The van der Waals surface area contributed by atoms with Gasteiger partial charge in [0.15, 0.2) is 18.9 Å². The highest BCUT2D eigenvalue weighted by Gasteiger charge is 2.75. The largest absolute Gasteiger partial charge is 0.458 e. The van der Waals surface area contributed by atoms with Gasteiger partial charge in [-0.25, -0.2) is 4.79 Å². The van der Waals surface area contributed by atoms with Gasteiger partial charge >= 0.3 is 11.9 Å². The maximum atomic E-state index is 13.6. The van der Waals surface area contributed by atoms with Gasteiger partial charge in [0.1, 0.15) is 66.8 Å². The topological polar surface area (TPSA) is 265 Å². The highest BCUT2D eigenvalue weighted by atomic mass is 16.8. The second-order valence-electron chi connectivity index (χ2n) is 20.4. The highest BCUT2D eigenvalue weighted by molar-refractivity contribution is 5.88. The van der Waals surface area contributed by atoms with Crippen LogP contribution in [0.2, 0.25) is 0 Å². The number of esters is 2. The summed E-state index contributed by atoms with van der Waals surface area (Å²) in [6.07, 6.45) is -11.1. The first-order valence-corrected chi connectivity index (χ1v) is 23.8. The molecule has 0 amide bonds. The fourth-order valence-electron chi connectivity index (χ4n) is 13.0. The minimum absolute atomic E-state index is 0.114. The Labute approximate surface area is 392 Å². The molecule has 6 N–H and O–H groups in total. The fraction of sp³-hybridized carbons (Fsp3) is 0.854. The van der Waals surface area contributed by atoms with E-state index in [0.717, 1.165) is 5.57 Å². The van der Waals surface area contributed by atoms with Crippen molar-refractivity contribution in [1.82, 2.24) is 0 Å². The molecule has 3 aliphatic heterocycles. The molecule has 0 unspecified atom stereocenters. The normalized spacial score (nSPS) is 48.9. The van der Waals surface area contributed by atoms with Crippen molar-refractivity contribution in [3.8, 4) is 0 Å². The van der Waals surface area contributed by atoms with Crippen LogP contribution in [0.3, 0.4) is 0 Å². The molecule has 0 bridgehead atoms. The third-order valence-corrected chi connectivity index (χ3v) is 16.8. The van der Waals surface area contributed by atoms with Crippen LogP contribution in [0.25, 0.3) is 0 Å². The zero-order valence-corrected chi connectivity index (χ0v) is 40.3. The molecule has 380 valence electrons. The molecular formula is C48H74O19. The first kappa shape index (κ1) is 52.4. The number of rotatable bonds is 13. The van der Waals surface area contributed by atoms with Crippen LogP contribution in [0.1, 0.15) is 100 Å². The molecule has 0 aromatic rings. The van der Waals surface area contributed by atoms with Crippen LogP contribution in [0.4, 0.5) is 0 Å². The van der Waals surface area contributed by atoms with Gasteiger partial charge in [0.25, 0.3) is 0 Å². The summed E-state index contributed by atoms with van der Waals surface area (Å²) >= 11 is 0. The first-order valence-electron chi connectivity index (χ1n) is 23.8. The van der Waals surface area contributed by atoms with Crippen molar-refractivity contribution in [2.45, 2.75) is 210 Å². The van der Waals surface area contributed by atoms with Gasteiger partial charge in [-0.1, -0.05) is 31.6 Å². The van der Waals surface area contributed by atoms with Crippen LogP contribution in [-0.2, 0) is 61.8 Å². The Balaban J connectivity index is 1.04. The summed E-state index contributed by atoms with van der Waals surface area (Å²) in [5.74, 6) is -2.71. The third kappa shape index (κ3) is 9.22. The molecular weight excluding hydrogens is 881 g/mol. The standard InChI is InChI=1S/C48H74O19/c1-11-21(2)43(56)67-42-40(62-25(6)51)33-29(48(57)17-15-28(22(3)50)47(42,48)8)13-12-26-18-27(14-16-46(26,33)7)63-32-19-30(58-9)38(23(4)60-32)65-45-37(55)41(59-10)39(24(5)61-45)66-44-36(54)35(53)34(52)31(20-49)64-44/h11-12,23-24,27-42,44-45,49,52-55,57H,13-20H2,1-10H3/b21-11+/t23-,24-,27+,28-,29-,30-,31-,32+,33-,34-,35+,36-,37-,38-,39-,40+,41+,42-,44+,45+,46+,47+,48+/m1/s1.